The van der Waals surface area contributed by atoms with Crippen molar-refractivity contribution in [3.63, 3.8) is 0 Å². The number of hydrogen-bond acceptors (Lipinski definition) is 4. The summed E-state index contributed by atoms with van der Waals surface area (Å²) in [4.78, 5) is 15.3. The van der Waals surface area contributed by atoms with Crippen molar-refractivity contribution < 1.29 is 32.6 Å². The van der Waals surface area contributed by atoms with Gasteiger partial charge in [-0.15, -0.1) is 0 Å². The van der Waals surface area contributed by atoms with Crippen molar-refractivity contribution >= 4 is 28.6 Å². The normalized spacial score (nSPS) is 14.9. The number of ketones is 1. The molecule has 0 spiro atoms. The van der Waals surface area contributed by atoms with Crippen molar-refractivity contribution in [2.24, 2.45) is 4.99 Å². The lowest BCUT2D eigenvalue weighted by molar-refractivity contribution is -0.271. The first-order chi connectivity index (χ1) is 18.3. The average molecular weight is 541 g/mol. The van der Waals surface area contributed by atoms with Gasteiger partial charge in [-0.1, -0.05) is 50.2 Å². The van der Waals surface area contributed by atoms with E-state index in [1.165, 1.54) is 30.7 Å². The minimum Gasteiger partial charge on any atom is -0.508 e. The molecule has 5 rings (SSSR count). The molecule has 0 aliphatic carbocycles. The predicted octanol–water partition coefficient (Wildman–Crippen LogP) is 7.12. The lowest BCUT2D eigenvalue weighted by Gasteiger charge is -2.38. The fraction of sp³-hybridized carbons (Fsp3) is 0.267. The first-order valence-electron chi connectivity index (χ1n) is 12.3. The molecular formula is C30H28F4N2O3. The van der Waals surface area contributed by atoms with Crippen LogP contribution in [0.3, 0.4) is 0 Å². The Morgan fingerprint density at radius 2 is 1.67 bits per heavy atom. The number of hydrogen-bond donors (Lipinski definition) is 2. The lowest BCUT2D eigenvalue weighted by atomic mass is 9.74. The zero-order chi connectivity index (χ0) is 28.4. The number of aliphatic hydroxyl groups is 1. The number of halogens is 4. The Bertz CT molecular complexity index is 1520. The summed E-state index contributed by atoms with van der Waals surface area (Å²) in [5.41, 5.74) is -2.08. The Morgan fingerprint density at radius 3 is 2.36 bits per heavy atom. The second-order valence-corrected chi connectivity index (χ2v) is 10.2. The SMILES string of the molecule is CC(C)(CC(O)(Cn1ccc2ccccc21)C(F)(F)F)c1ccc(F)cc1O.O=C1CC=Nc2ccccc21. The molecule has 1 aromatic heterocycles. The summed E-state index contributed by atoms with van der Waals surface area (Å²) in [5.74, 6) is -0.974. The summed E-state index contributed by atoms with van der Waals surface area (Å²) < 4.78 is 56.4. The average Bonchev–Trinajstić information content (AvgIpc) is 3.26. The van der Waals surface area contributed by atoms with Gasteiger partial charge in [-0.05, 0) is 53.1 Å². The fourth-order valence-electron chi connectivity index (χ4n) is 4.87. The fourth-order valence-corrected chi connectivity index (χ4v) is 4.87. The van der Waals surface area contributed by atoms with E-state index in [1.54, 1.807) is 36.5 Å². The van der Waals surface area contributed by atoms with Gasteiger partial charge < -0.3 is 14.8 Å². The van der Waals surface area contributed by atoms with Gasteiger partial charge in [0.2, 0.25) is 0 Å². The van der Waals surface area contributed by atoms with Crippen molar-refractivity contribution in [1.82, 2.24) is 4.57 Å². The van der Waals surface area contributed by atoms with E-state index in [-0.39, 0.29) is 11.3 Å². The van der Waals surface area contributed by atoms with E-state index in [0.29, 0.717) is 11.9 Å². The topological polar surface area (TPSA) is 74.8 Å². The second kappa shape index (κ2) is 10.6. The highest BCUT2D eigenvalue weighted by atomic mass is 19.4. The minimum atomic E-state index is -4.91. The summed E-state index contributed by atoms with van der Waals surface area (Å²) in [5, 5.41) is 21.5. The lowest BCUT2D eigenvalue weighted by Crippen LogP contribution is -2.52. The monoisotopic (exact) mass is 540 g/mol. The van der Waals surface area contributed by atoms with Gasteiger partial charge in [0.05, 0.1) is 12.2 Å². The largest absolute Gasteiger partial charge is 0.508 e. The highest BCUT2D eigenvalue weighted by Gasteiger charge is 2.56. The van der Waals surface area contributed by atoms with Crippen molar-refractivity contribution in [3.05, 3.63) is 95.9 Å². The summed E-state index contributed by atoms with van der Waals surface area (Å²) in [6.07, 6.45) is -2.02. The maximum atomic E-state index is 13.9. The quantitative estimate of drug-likeness (QED) is 0.265. The molecule has 9 heteroatoms. The van der Waals surface area contributed by atoms with Crippen LogP contribution in [-0.2, 0) is 12.0 Å². The van der Waals surface area contributed by atoms with Crippen LogP contribution in [0.25, 0.3) is 10.9 Å². The zero-order valence-electron chi connectivity index (χ0n) is 21.4. The number of phenolic OH excluding ortho intramolecular Hbond substituents is 1. The van der Waals surface area contributed by atoms with Gasteiger partial charge in [0.15, 0.2) is 11.4 Å². The van der Waals surface area contributed by atoms with Gasteiger partial charge in [-0.25, -0.2) is 4.39 Å². The van der Waals surface area contributed by atoms with E-state index in [1.807, 2.05) is 24.3 Å². The molecule has 204 valence electrons. The van der Waals surface area contributed by atoms with E-state index < -0.39 is 41.7 Å². The number of fused-ring (bicyclic) bond motifs is 2. The molecule has 1 unspecified atom stereocenters. The van der Waals surface area contributed by atoms with Crippen LogP contribution < -0.4 is 0 Å². The maximum absolute atomic E-state index is 13.9. The number of phenols is 1. The first-order valence-corrected chi connectivity index (χ1v) is 12.3. The van der Waals surface area contributed by atoms with E-state index >= 15 is 0 Å². The van der Waals surface area contributed by atoms with Crippen LogP contribution in [0.4, 0.5) is 23.2 Å². The summed E-state index contributed by atoms with van der Waals surface area (Å²) in [7, 11) is 0. The standard InChI is InChI=1S/C21H21F4NO2.C9H7NO/c1-19(2,16-8-7-15(22)11-18(16)27)12-20(28,21(23,24)25)13-26-10-9-14-5-3-4-6-17(14)26;11-9-5-6-10-8-4-2-1-3-7(8)9/h3-11,27-28H,12-13H2,1-2H3;1-4,6H,5H2. The van der Waals surface area contributed by atoms with Crippen LogP contribution in [0.2, 0.25) is 0 Å². The molecule has 0 saturated heterocycles. The van der Waals surface area contributed by atoms with Crippen LogP contribution >= 0.6 is 0 Å². The highest BCUT2D eigenvalue weighted by molar-refractivity contribution is 6.09. The Kier molecular flexibility index (Phi) is 7.66. The van der Waals surface area contributed by atoms with E-state index in [2.05, 4.69) is 4.99 Å². The number of nitrogens with zero attached hydrogens (tertiary/aromatic N) is 2. The number of Topliss-reactive ketones (excluding diaryl/α,β-unsaturated/α-hetero) is 1. The van der Waals surface area contributed by atoms with Crippen molar-refractivity contribution in [2.45, 2.75) is 50.4 Å². The number of para-hydroxylation sites is 2. The van der Waals surface area contributed by atoms with Crippen LogP contribution in [0.1, 0.15) is 42.6 Å². The Hall–Kier alpha value is -3.98. The molecule has 0 radical (unpaired) electrons. The smallest absolute Gasteiger partial charge is 0.418 e. The molecule has 0 bridgehead atoms. The van der Waals surface area contributed by atoms with Gasteiger partial charge in [-0.3, -0.25) is 9.79 Å². The van der Waals surface area contributed by atoms with Gasteiger partial charge >= 0.3 is 6.18 Å². The molecule has 5 nitrogen and oxygen atoms in total. The molecule has 3 aromatic carbocycles. The summed E-state index contributed by atoms with van der Waals surface area (Å²) >= 11 is 0. The maximum Gasteiger partial charge on any atom is 0.418 e. The molecule has 4 aromatic rings. The van der Waals surface area contributed by atoms with E-state index in [0.717, 1.165) is 28.8 Å². The molecule has 39 heavy (non-hydrogen) atoms. The number of rotatable bonds is 5. The third-order valence-electron chi connectivity index (χ3n) is 6.77. The van der Waals surface area contributed by atoms with E-state index in [9.17, 15) is 32.6 Å². The van der Waals surface area contributed by atoms with Gasteiger partial charge in [-0.2, -0.15) is 13.2 Å². The molecule has 0 amide bonds. The molecule has 0 fully saturated rings. The molecular weight excluding hydrogens is 512 g/mol. The van der Waals surface area contributed by atoms with Crippen LogP contribution in [0.15, 0.2) is 84.0 Å². The van der Waals surface area contributed by atoms with Crippen LogP contribution in [-0.4, -0.2) is 38.6 Å². The zero-order valence-corrected chi connectivity index (χ0v) is 21.4. The molecule has 2 heterocycles. The number of carbonyl (C=O) groups is 1. The van der Waals surface area contributed by atoms with Crippen molar-refractivity contribution in [2.75, 3.05) is 0 Å². The van der Waals surface area contributed by atoms with E-state index in [4.69, 9.17) is 0 Å². The molecule has 1 aliphatic heterocycles. The third-order valence-corrected chi connectivity index (χ3v) is 6.77. The highest BCUT2D eigenvalue weighted by Crippen LogP contribution is 2.44. The number of aromatic hydroxyl groups is 1. The summed E-state index contributed by atoms with van der Waals surface area (Å²) in [6, 6.07) is 19.2. The first kappa shape index (κ1) is 28.0. The van der Waals surface area contributed by atoms with Gasteiger partial charge in [0.25, 0.3) is 0 Å². The molecule has 0 saturated carbocycles. The number of carbonyl (C=O) groups excluding carboxylic acids is 1. The Labute approximate surface area is 223 Å². The minimum absolute atomic E-state index is 0.133. The van der Waals surface area contributed by atoms with Crippen molar-refractivity contribution in [3.8, 4) is 5.75 Å². The van der Waals surface area contributed by atoms with Crippen molar-refractivity contribution in [1.29, 1.82) is 0 Å². The Morgan fingerprint density at radius 1 is 0.974 bits per heavy atom. The molecule has 1 aliphatic rings. The molecule has 1 atom stereocenters. The molecule has 2 N–H and O–H groups in total. The van der Waals surface area contributed by atoms with Crippen LogP contribution in [0.5, 0.6) is 5.75 Å². The number of aliphatic imine (C=N–C) groups is 1. The number of benzene rings is 3. The Balaban J connectivity index is 0.000000265. The number of aromatic nitrogens is 1. The predicted molar refractivity (Wildman–Crippen MR) is 142 cm³/mol. The third kappa shape index (κ3) is 6.04. The van der Waals surface area contributed by atoms with Gasteiger partial charge in [0.1, 0.15) is 11.6 Å². The van der Waals surface area contributed by atoms with Gasteiger partial charge in [0, 0.05) is 36.0 Å². The summed E-state index contributed by atoms with van der Waals surface area (Å²) in [6.45, 7) is 2.25. The van der Waals surface area contributed by atoms with Crippen LogP contribution in [0, 0.1) is 5.82 Å². The second-order valence-electron chi connectivity index (χ2n) is 10.2. The number of alkyl halides is 3.